The highest BCUT2D eigenvalue weighted by molar-refractivity contribution is 5.90. The van der Waals surface area contributed by atoms with Crippen molar-refractivity contribution in [3.05, 3.63) is 24.5 Å². The Morgan fingerprint density at radius 2 is 2.11 bits per heavy atom. The minimum atomic E-state index is -0.395. The summed E-state index contributed by atoms with van der Waals surface area (Å²) in [6, 6.07) is 3.13. The van der Waals surface area contributed by atoms with Gasteiger partial charge >= 0.3 is 6.09 Å². The first-order chi connectivity index (χ1) is 8.61. The van der Waals surface area contributed by atoms with E-state index in [1.54, 1.807) is 24.5 Å². The largest absolute Gasteiger partial charge is 0.529 e. The molecule has 1 unspecified atom stereocenters. The molecule has 2 heterocycles. The molecule has 0 radical (unpaired) electrons. The van der Waals surface area contributed by atoms with Crippen molar-refractivity contribution in [2.45, 2.75) is 26.3 Å². The fourth-order valence-electron chi connectivity index (χ4n) is 2.29. The molecular weight excluding hydrogens is 232 g/mol. The lowest BCUT2D eigenvalue weighted by Gasteiger charge is -2.43. The maximum absolute atomic E-state index is 11.9. The average molecular weight is 249 g/mol. The van der Waals surface area contributed by atoms with Gasteiger partial charge in [-0.2, -0.15) is 4.79 Å². The Balaban J connectivity index is 2.38. The zero-order valence-corrected chi connectivity index (χ0v) is 10.6. The van der Waals surface area contributed by atoms with Gasteiger partial charge in [0.15, 0.2) is 12.3 Å². The van der Waals surface area contributed by atoms with Gasteiger partial charge in [0.1, 0.15) is 5.69 Å². The number of amides is 1. The van der Waals surface area contributed by atoms with Gasteiger partial charge in [0.25, 0.3) is 0 Å². The van der Waals surface area contributed by atoms with Crippen LogP contribution in [0.2, 0.25) is 0 Å². The Labute approximate surface area is 106 Å². The Morgan fingerprint density at radius 1 is 1.44 bits per heavy atom. The molecule has 1 aliphatic rings. The topological polar surface area (TPSA) is 56.3 Å². The van der Waals surface area contributed by atoms with Crippen molar-refractivity contribution in [2.75, 3.05) is 6.73 Å². The molecule has 0 bridgehead atoms. The Bertz CT molecular complexity index is 447. The number of hydrogen-bond donors (Lipinski definition) is 0. The van der Waals surface area contributed by atoms with Gasteiger partial charge in [0.05, 0.1) is 0 Å². The van der Waals surface area contributed by atoms with E-state index in [-0.39, 0.29) is 17.3 Å². The van der Waals surface area contributed by atoms with Gasteiger partial charge in [-0.15, -0.1) is 4.48 Å². The summed E-state index contributed by atoms with van der Waals surface area (Å²) in [5, 5.41) is 0. The SMILES string of the molecule is CC(C)C[C@@H](C=O)[N+]1(c2ccncc2)COC1=O. The van der Waals surface area contributed by atoms with Crippen LogP contribution < -0.4 is 4.48 Å². The molecule has 1 fully saturated rings. The smallest absolute Gasteiger partial charge is 0.368 e. The number of ether oxygens (including phenoxy) is 1. The van der Waals surface area contributed by atoms with Crippen LogP contribution in [0, 0.1) is 5.92 Å². The number of hydrogen-bond acceptors (Lipinski definition) is 4. The summed E-state index contributed by atoms with van der Waals surface area (Å²) < 4.78 is 4.88. The number of aromatic nitrogens is 1. The summed E-state index contributed by atoms with van der Waals surface area (Å²) in [5.41, 5.74) is 0.763. The van der Waals surface area contributed by atoms with Crippen LogP contribution in [0.5, 0.6) is 0 Å². The standard InChI is InChI=1S/C13H17N2O3/c1-10(2)7-12(8-16)15(9-18-13(15)17)11-3-5-14-6-4-11/h3-6,8,10,12H,7,9H2,1-2H3/q+1/t12-,15?/m0/s1. The highest BCUT2D eigenvalue weighted by Gasteiger charge is 2.57. The highest BCUT2D eigenvalue weighted by Crippen LogP contribution is 2.35. The molecule has 5 nitrogen and oxygen atoms in total. The van der Waals surface area contributed by atoms with Crippen LogP contribution in [0.25, 0.3) is 0 Å². The highest BCUT2D eigenvalue weighted by atomic mass is 16.6. The molecule has 1 saturated heterocycles. The predicted octanol–water partition coefficient (Wildman–Crippen LogP) is 2.11. The monoisotopic (exact) mass is 249 g/mol. The molecule has 2 atom stereocenters. The second kappa shape index (κ2) is 4.86. The van der Waals surface area contributed by atoms with Crippen LogP contribution in [-0.2, 0) is 9.53 Å². The number of nitrogens with zero attached hydrogens (tertiary/aromatic N) is 2. The van der Waals surface area contributed by atoms with Crippen LogP contribution in [0.1, 0.15) is 20.3 Å². The van der Waals surface area contributed by atoms with E-state index in [2.05, 4.69) is 4.98 Å². The molecule has 2 rings (SSSR count). The fraction of sp³-hybridized carbons (Fsp3) is 0.462. The molecule has 0 aliphatic carbocycles. The van der Waals surface area contributed by atoms with Crippen molar-refractivity contribution < 1.29 is 14.3 Å². The molecule has 0 N–H and O–H groups in total. The molecule has 0 saturated carbocycles. The maximum Gasteiger partial charge on any atom is 0.529 e. The van der Waals surface area contributed by atoms with Crippen molar-refractivity contribution >= 4 is 18.1 Å². The first kappa shape index (κ1) is 12.7. The summed E-state index contributed by atoms with van der Waals surface area (Å²) >= 11 is 0. The van der Waals surface area contributed by atoms with Crippen LogP contribution in [0.4, 0.5) is 10.5 Å². The van der Waals surface area contributed by atoms with Crippen molar-refractivity contribution in [2.24, 2.45) is 5.92 Å². The summed E-state index contributed by atoms with van der Waals surface area (Å²) in [6.45, 7) is 4.29. The van der Waals surface area contributed by atoms with Crippen LogP contribution in [0.3, 0.4) is 0 Å². The van der Waals surface area contributed by atoms with E-state index in [4.69, 9.17) is 4.74 Å². The van der Waals surface area contributed by atoms with Crippen LogP contribution in [-0.4, -0.2) is 30.1 Å². The third kappa shape index (κ3) is 1.90. The zero-order valence-electron chi connectivity index (χ0n) is 10.6. The fourth-order valence-corrected chi connectivity index (χ4v) is 2.29. The lowest BCUT2D eigenvalue weighted by atomic mass is 10.0. The third-order valence-electron chi connectivity index (χ3n) is 3.28. The number of carbonyl (C=O) groups is 2. The van der Waals surface area contributed by atoms with E-state index in [1.165, 1.54) is 0 Å². The van der Waals surface area contributed by atoms with Crippen LogP contribution >= 0.6 is 0 Å². The molecule has 1 amide bonds. The van der Waals surface area contributed by atoms with E-state index in [9.17, 15) is 9.59 Å². The Morgan fingerprint density at radius 3 is 2.50 bits per heavy atom. The summed E-state index contributed by atoms with van der Waals surface area (Å²) in [5.74, 6) is 0.338. The van der Waals surface area contributed by atoms with E-state index in [0.717, 1.165) is 12.0 Å². The summed E-state index contributed by atoms with van der Waals surface area (Å²) in [6.07, 6.45) is 4.40. The molecule has 0 aromatic carbocycles. The quantitative estimate of drug-likeness (QED) is 0.592. The van der Waals surface area contributed by atoms with Gasteiger partial charge in [-0.3, -0.25) is 9.78 Å². The number of quaternary nitrogens is 1. The third-order valence-corrected chi connectivity index (χ3v) is 3.28. The lowest BCUT2D eigenvalue weighted by Crippen LogP contribution is -2.70. The minimum Gasteiger partial charge on any atom is -0.368 e. The lowest BCUT2D eigenvalue weighted by molar-refractivity contribution is -0.117. The van der Waals surface area contributed by atoms with E-state index in [0.29, 0.717) is 12.3 Å². The predicted molar refractivity (Wildman–Crippen MR) is 66.7 cm³/mol. The first-order valence-corrected chi connectivity index (χ1v) is 6.02. The number of rotatable bonds is 5. The Kier molecular flexibility index (Phi) is 3.43. The Hall–Kier alpha value is -1.75. The number of aldehydes is 1. The van der Waals surface area contributed by atoms with E-state index in [1.807, 2.05) is 13.8 Å². The second-order valence-corrected chi connectivity index (χ2v) is 4.95. The molecule has 18 heavy (non-hydrogen) atoms. The van der Waals surface area contributed by atoms with Gasteiger partial charge in [-0.25, -0.2) is 0 Å². The average Bonchev–Trinajstić information content (AvgIpc) is 2.37. The van der Waals surface area contributed by atoms with Gasteiger partial charge < -0.3 is 4.74 Å². The van der Waals surface area contributed by atoms with Gasteiger partial charge in [0, 0.05) is 30.9 Å². The van der Waals surface area contributed by atoms with Crippen molar-refractivity contribution in [1.82, 2.24) is 9.47 Å². The molecule has 5 heteroatoms. The number of cyclic esters (lactones) is 1. The van der Waals surface area contributed by atoms with Crippen molar-refractivity contribution in [3.63, 3.8) is 0 Å². The number of carbonyl (C=O) groups excluding carboxylic acids is 2. The van der Waals surface area contributed by atoms with Gasteiger partial charge in [-0.1, -0.05) is 13.8 Å². The minimum absolute atomic E-state index is 0.0375. The molecular formula is C13H17N2O3+. The van der Waals surface area contributed by atoms with E-state index >= 15 is 0 Å². The van der Waals surface area contributed by atoms with Crippen LogP contribution in [0.15, 0.2) is 24.5 Å². The molecule has 1 aromatic heterocycles. The van der Waals surface area contributed by atoms with Gasteiger partial charge in [-0.05, 0) is 5.92 Å². The molecule has 96 valence electrons. The second-order valence-electron chi connectivity index (χ2n) is 4.95. The van der Waals surface area contributed by atoms with Crippen molar-refractivity contribution in [1.29, 1.82) is 0 Å². The molecule has 1 aromatic rings. The first-order valence-electron chi connectivity index (χ1n) is 6.02. The molecule has 0 spiro atoms. The number of pyridine rings is 1. The molecule has 1 aliphatic heterocycles. The van der Waals surface area contributed by atoms with E-state index < -0.39 is 6.04 Å². The summed E-state index contributed by atoms with van der Waals surface area (Å²) in [4.78, 5) is 27.2. The zero-order chi connectivity index (χ0) is 13.2. The maximum atomic E-state index is 11.9. The van der Waals surface area contributed by atoms with Gasteiger partial charge in [0.2, 0.25) is 6.73 Å². The van der Waals surface area contributed by atoms with Crippen molar-refractivity contribution in [3.8, 4) is 0 Å². The normalized spacial score (nSPS) is 24.3. The summed E-state index contributed by atoms with van der Waals surface area (Å²) in [7, 11) is 0.